The van der Waals surface area contributed by atoms with Crippen molar-refractivity contribution < 1.29 is 9.90 Å². The summed E-state index contributed by atoms with van der Waals surface area (Å²) in [5, 5.41) is 10.4. The zero-order valence-corrected chi connectivity index (χ0v) is 13.8. The van der Waals surface area contributed by atoms with Crippen LogP contribution in [0.15, 0.2) is 54.6 Å². The van der Waals surface area contributed by atoms with Crippen molar-refractivity contribution in [1.29, 1.82) is 0 Å². The Kier molecular flexibility index (Phi) is 4.74. The molecule has 5 heteroatoms. The molecule has 1 heterocycles. The Labute approximate surface area is 143 Å². The predicted octanol–water partition coefficient (Wildman–Crippen LogP) is 5.15. The fourth-order valence-corrected chi connectivity index (χ4v) is 3.49. The van der Waals surface area contributed by atoms with Gasteiger partial charge in [-0.25, -0.2) is 4.98 Å². The molecule has 0 fully saturated rings. The van der Waals surface area contributed by atoms with Gasteiger partial charge in [0.15, 0.2) is 0 Å². The number of carboxylic acids is 1. The van der Waals surface area contributed by atoms with Crippen molar-refractivity contribution >= 4 is 28.9 Å². The number of aryl methyl sites for hydroxylation is 1. The molecule has 23 heavy (non-hydrogen) atoms. The highest BCUT2D eigenvalue weighted by Gasteiger charge is 2.15. The molecule has 0 unspecified atom stereocenters. The summed E-state index contributed by atoms with van der Waals surface area (Å²) >= 11 is 7.51. The van der Waals surface area contributed by atoms with Crippen molar-refractivity contribution in [2.75, 3.05) is 0 Å². The molecule has 0 spiro atoms. The smallest absolute Gasteiger partial charge is 0.303 e. The van der Waals surface area contributed by atoms with E-state index in [0.29, 0.717) is 11.4 Å². The van der Waals surface area contributed by atoms with E-state index >= 15 is 0 Å². The van der Waals surface area contributed by atoms with Crippen LogP contribution in [0, 0.1) is 0 Å². The molecule has 1 N–H and O–H groups in total. The molecule has 3 rings (SSSR count). The Bertz CT molecular complexity index is 813. The number of halogens is 1. The van der Waals surface area contributed by atoms with Crippen LogP contribution < -0.4 is 0 Å². The summed E-state index contributed by atoms with van der Waals surface area (Å²) in [7, 11) is 0. The van der Waals surface area contributed by atoms with E-state index in [1.807, 2.05) is 54.6 Å². The summed E-state index contributed by atoms with van der Waals surface area (Å²) in [5.41, 5.74) is 2.95. The summed E-state index contributed by atoms with van der Waals surface area (Å²) in [6, 6.07) is 17.5. The number of thiazole rings is 1. The predicted molar refractivity (Wildman–Crippen MR) is 94.0 cm³/mol. The summed E-state index contributed by atoms with van der Waals surface area (Å²) in [6.07, 6.45) is 0.523. The molecule has 3 nitrogen and oxygen atoms in total. The van der Waals surface area contributed by atoms with Gasteiger partial charge in [-0.2, -0.15) is 0 Å². The van der Waals surface area contributed by atoms with E-state index in [-0.39, 0.29) is 6.42 Å². The second kappa shape index (κ2) is 6.94. The molecule has 0 saturated heterocycles. The lowest BCUT2D eigenvalue weighted by atomic mass is 10.1. The SMILES string of the molecule is O=C(O)CCc1nc(-c2ccccc2)c(-c2ccc(Cl)cc2)s1. The van der Waals surface area contributed by atoms with Crippen molar-refractivity contribution in [1.82, 2.24) is 4.98 Å². The van der Waals surface area contributed by atoms with Crippen LogP contribution in [0.25, 0.3) is 21.7 Å². The number of aliphatic carboxylic acids is 1. The van der Waals surface area contributed by atoms with Crippen LogP contribution in [-0.2, 0) is 11.2 Å². The van der Waals surface area contributed by atoms with Gasteiger partial charge in [0.05, 0.1) is 22.0 Å². The Hall–Kier alpha value is -2.17. The standard InChI is InChI=1S/C18H14ClNO2S/c19-14-8-6-13(7-9-14)18-17(12-4-2-1-3-5-12)20-15(23-18)10-11-16(21)22/h1-9H,10-11H2,(H,21,22). The van der Waals surface area contributed by atoms with Crippen molar-refractivity contribution in [3.8, 4) is 21.7 Å². The second-order valence-electron chi connectivity index (χ2n) is 5.05. The van der Waals surface area contributed by atoms with E-state index in [2.05, 4.69) is 4.98 Å². The summed E-state index contributed by atoms with van der Waals surface area (Å²) < 4.78 is 0. The molecule has 2 aromatic carbocycles. The van der Waals surface area contributed by atoms with E-state index in [1.54, 1.807) is 0 Å². The molecular formula is C18H14ClNO2S. The maximum Gasteiger partial charge on any atom is 0.303 e. The first-order valence-electron chi connectivity index (χ1n) is 7.16. The van der Waals surface area contributed by atoms with Crippen molar-refractivity contribution in [3.63, 3.8) is 0 Å². The molecule has 0 aliphatic heterocycles. The summed E-state index contributed by atoms with van der Waals surface area (Å²) in [4.78, 5) is 16.5. The molecule has 0 atom stereocenters. The topological polar surface area (TPSA) is 50.2 Å². The van der Waals surface area contributed by atoms with Gasteiger partial charge in [-0.3, -0.25) is 4.79 Å². The van der Waals surface area contributed by atoms with Gasteiger partial charge in [-0.05, 0) is 17.7 Å². The number of rotatable bonds is 5. The number of benzene rings is 2. The third kappa shape index (κ3) is 3.78. The molecule has 116 valence electrons. The molecule has 0 radical (unpaired) electrons. The third-order valence-electron chi connectivity index (χ3n) is 3.38. The number of hydrogen-bond acceptors (Lipinski definition) is 3. The molecule has 3 aromatic rings. The van der Waals surface area contributed by atoms with Crippen LogP contribution in [-0.4, -0.2) is 16.1 Å². The Morgan fingerprint density at radius 1 is 1.04 bits per heavy atom. The monoisotopic (exact) mass is 343 g/mol. The Morgan fingerprint density at radius 2 is 1.74 bits per heavy atom. The molecular weight excluding hydrogens is 330 g/mol. The zero-order valence-electron chi connectivity index (χ0n) is 12.2. The van der Waals surface area contributed by atoms with E-state index in [9.17, 15) is 4.79 Å². The molecule has 0 aliphatic rings. The first-order chi connectivity index (χ1) is 11.1. The van der Waals surface area contributed by atoms with E-state index in [0.717, 1.165) is 26.7 Å². The fourth-order valence-electron chi connectivity index (χ4n) is 2.27. The first kappa shape index (κ1) is 15.7. The highest BCUT2D eigenvalue weighted by molar-refractivity contribution is 7.15. The normalized spacial score (nSPS) is 10.7. The minimum absolute atomic E-state index is 0.0851. The number of nitrogens with zero attached hydrogens (tertiary/aromatic N) is 1. The zero-order chi connectivity index (χ0) is 16.2. The van der Waals surface area contributed by atoms with Gasteiger partial charge in [0.25, 0.3) is 0 Å². The van der Waals surface area contributed by atoms with Gasteiger partial charge in [-0.15, -0.1) is 11.3 Å². The van der Waals surface area contributed by atoms with Gasteiger partial charge in [0, 0.05) is 17.0 Å². The van der Waals surface area contributed by atoms with Gasteiger partial charge >= 0.3 is 5.97 Å². The molecule has 1 aromatic heterocycles. The molecule has 0 aliphatic carbocycles. The number of carbonyl (C=O) groups is 1. The first-order valence-corrected chi connectivity index (χ1v) is 8.36. The van der Waals surface area contributed by atoms with Gasteiger partial charge in [0.2, 0.25) is 0 Å². The Balaban J connectivity index is 2.05. The quantitative estimate of drug-likeness (QED) is 0.697. The minimum Gasteiger partial charge on any atom is -0.481 e. The highest BCUT2D eigenvalue weighted by atomic mass is 35.5. The highest BCUT2D eigenvalue weighted by Crippen LogP contribution is 2.37. The van der Waals surface area contributed by atoms with Gasteiger partial charge in [0.1, 0.15) is 0 Å². The second-order valence-corrected chi connectivity index (χ2v) is 6.57. The number of aromatic nitrogens is 1. The summed E-state index contributed by atoms with van der Waals surface area (Å²) in [6.45, 7) is 0. The number of carboxylic acid groups (broad SMARTS) is 1. The minimum atomic E-state index is -0.811. The maximum absolute atomic E-state index is 10.8. The van der Waals surface area contributed by atoms with Crippen molar-refractivity contribution in [2.24, 2.45) is 0 Å². The largest absolute Gasteiger partial charge is 0.481 e. The van der Waals surface area contributed by atoms with Gasteiger partial charge in [-0.1, -0.05) is 54.1 Å². The molecule has 0 bridgehead atoms. The lowest BCUT2D eigenvalue weighted by molar-refractivity contribution is -0.136. The number of hydrogen-bond donors (Lipinski definition) is 1. The van der Waals surface area contributed by atoms with Crippen LogP contribution in [0.3, 0.4) is 0 Å². The average Bonchev–Trinajstić information content (AvgIpc) is 2.99. The third-order valence-corrected chi connectivity index (χ3v) is 4.79. The Morgan fingerprint density at radius 3 is 2.39 bits per heavy atom. The van der Waals surface area contributed by atoms with Crippen LogP contribution >= 0.6 is 22.9 Å². The lowest BCUT2D eigenvalue weighted by Crippen LogP contribution is -1.96. The van der Waals surface area contributed by atoms with E-state index < -0.39 is 5.97 Å². The molecule has 0 amide bonds. The summed E-state index contributed by atoms with van der Waals surface area (Å²) in [5.74, 6) is -0.811. The van der Waals surface area contributed by atoms with E-state index in [1.165, 1.54) is 11.3 Å². The lowest BCUT2D eigenvalue weighted by Gasteiger charge is -2.02. The maximum atomic E-state index is 10.8. The van der Waals surface area contributed by atoms with Crippen LogP contribution in [0.5, 0.6) is 0 Å². The fraction of sp³-hybridized carbons (Fsp3) is 0.111. The van der Waals surface area contributed by atoms with Crippen LogP contribution in [0.1, 0.15) is 11.4 Å². The molecule has 0 saturated carbocycles. The van der Waals surface area contributed by atoms with E-state index in [4.69, 9.17) is 16.7 Å². The van der Waals surface area contributed by atoms with Crippen LogP contribution in [0.4, 0.5) is 0 Å². The van der Waals surface area contributed by atoms with Crippen molar-refractivity contribution in [3.05, 3.63) is 64.6 Å². The van der Waals surface area contributed by atoms with Crippen molar-refractivity contribution in [2.45, 2.75) is 12.8 Å². The van der Waals surface area contributed by atoms with Gasteiger partial charge < -0.3 is 5.11 Å². The van der Waals surface area contributed by atoms with Crippen LogP contribution in [0.2, 0.25) is 5.02 Å². The average molecular weight is 344 g/mol.